The van der Waals surface area contributed by atoms with Crippen LogP contribution in [0.4, 0.5) is 11.1 Å². The Morgan fingerprint density at radius 2 is 2.50 bits per heavy atom. The highest BCUT2D eigenvalue weighted by Gasteiger charge is 2.02. The minimum atomic E-state index is -0.338. The molecule has 6 heteroatoms. The van der Waals surface area contributed by atoms with Crippen LogP contribution in [-0.2, 0) is 0 Å². The lowest BCUT2D eigenvalue weighted by atomic mass is 10.3. The largest absolute Gasteiger partial charge is 0.391 e. The number of nitrogens with zero attached hydrogens (tertiary/aromatic N) is 2. The Bertz CT molecular complexity index is 239. The predicted octanol–water partition coefficient (Wildman–Crippen LogP) is 0.303. The molecule has 0 aliphatic rings. The van der Waals surface area contributed by atoms with Crippen molar-refractivity contribution in [2.24, 2.45) is 0 Å². The second-order valence-electron chi connectivity index (χ2n) is 2.40. The molecule has 1 rings (SSSR count). The number of aliphatic hydroxyl groups excluding tert-OH is 1. The number of aliphatic hydroxyl groups is 1. The van der Waals surface area contributed by atoms with E-state index in [4.69, 9.17) is 5.73 Å². The van der Waals surface area contributed by atoms with Crippen LogP contribution in [0.3, 0.4) is 0 Å². The lowest BCUT2D eigenvalue weighted by molar-refractivity contribution is 0.183. The minimum Gasteiger partial charge on any atom is -0.391 e. The normalized spacial score (nSPS) is 12.8. The molecular formula is C6H12N4OS. The first-order valence-electron chi connectivity index (χ1n) is 3.73. The van der Waals surface area contributed by atoms with Gasteiger partial charge in [0.05, 0.1) is 6.10 Å². The second-order valence-corrected chi connectivity index (χ2v) is 3.15. The molecule has 0 aromatic carbocycles. The van der Waals surface area contributed by atoms with Crippen molar-refractivity contribution in [1.82, 2.24) is 9.36 Å². The van der Waals surface area contributed by atoms with Crippen molar-refractivity contribution in [2.75, 3.05) is 17.6 Å². The van der Waals surface area contributed by atoms with Crippen LogP contribution in [0.15, 0.2) is 0 Å². The summed E-state index contributed by atoms with van der Waals surface area (Å²) in [6, 6.07) is 0. The van der Waals surface area contributed by atoms with Gasteiger partial charge in [-0.1, -0.05) is 6.92 Å². The van der Waals surface area contributed by atoms with Gasteiger partial charge in [-0.2, -0.15) is 9.36 Å². The highest BCUT2D eigenvalue weighted by Crippen LogP contribution is 2.11. The van der Waals surface area contributed by atoms with E-state index in [9.17, 15) is 5.11 Å². The Morgan fingerprint density at radius 3 is 3.00 bits per heavy atom. The lowest BCUT2D eigenvalue weighted by Crippen LogP contribution is -2.17. The summed E-state index contributed by atoms with van der Waals surface area (Å²) in [5, 5.41) is 12.8. The smallest absolute Gasteiger partial charge is 0.233 e. The zero-order valence-electron chi connectivity index (χ0n) is 6.82. The van der Waals surface area contributed by atoms with E-state index in [2.05, 4.69) is 14.7 Å². The number of nitrogens with one attached hydrogen (secondary N) is 1. The molecule has 4 N–H and O–H groups in total. The maximum Gasteiger partial charge on any atom is 0.233 e. The fourth-order valence-corrected chi connectivity index (χ4v) is 1.16. The van der Waals surface area contributed by atoms with E-state index < -0.39 is 0 Å². The second kappa shape index (κ2) is 4.22. The maximum atomic E-state index is 9.19. The van der Waals surface area contributed by atoms with Crippen molar-refractivity contribution in [3.63, 3.8) is 0 Å². The Kier molecular flexibility index (Phi) is 3.24. The molecule has 0 saturated heterocycles. The molecule has 0 radical (unpaired) electrons. The zero-order chi connectivity index (χ0) is 8.97. The van der Waals surface area contributed by atoms with Crippen molar-refractivity contribution in [3.8, 4) is 0 Å². The van der Waals surface area contributed by atoms with Crippen LogP contribution in [0.1, 0.15) is 13.3 Å². The fraction of sp³-hybridized carbons (Fsp3) is 0.667. The summed E-state index contributed by atoms with van der Waals surface area (Å²) in [7, 11) is 0. The molecule has 0 amide bonds. The zero-order valence-corrected chi connectivity index (χ0v) is 7.64. The molecule has 0 fully saturated rings. The summed E-state index contributed by atoms with van der Waals surface area (Å²) in [5.74, 6) is 0.272. The third-order valence-corrected chi connectivity index (χ3v) is 2.09. The number of hydrogen-bond donors (Lipinski definition) is 3. The number of anilines is 2. The van der Waals surface area contributed by atoms with E-state index in [0.29, 0.717) is 11.7 Å². The van der Waals surface area contributed by atoms with Crippen LogP contribution in [0, 0.1) is 0 Å². The van der Waals surface area contributed by atoms with Gasteiger partial charge in [0.1, 0.15) is 0 Å². The van der Waals surface area contributed by atoms with Crippen LogP contribution >= 0.6 is 11.5 Å². The molecule has 68 valence electrons. The van der Waals surface area contributed by atoms with Gasteiger partial charge in [-0.25, -0.2) is 0 Å². The van der Waals surface area contributed by atoms with Gasteiger partial charge in [0.2, 0.25) is 11.1 Å². The summed E-state index contributed by atoms with van der Waals surface area (Å²) in [4.78, 5) is 3.88. The number of hydrogen-bond acceptors (Lipinski definition) is 6. The van der Waals surface area contributed by atoms with Crippen LogP contribution in [0.25, 0.3) is 0 Å². The quantitative estimate of drug-likeness (QED) is 0.633. The summed E-state index contributed by atoms with van der Waals surface area (Å²) in [6.45, 7) is 2.41. The van der Waals surface area contributed by atoms with Gasteiger partial charge in [-0.3, -0.25) is 0 Å². The summed E-state index contributed by atoms with van der Waals surface area (Å²) in [6.07, 6.45) is 0.386. The summed E-state index contributed by atoms with van der Waals surface area (Å²) >= 11 is 1.19. The number of nitrogens with two attached hydrogens (primary N) is 1. The fourth-order valence-electron chi connectivity index (χ4n) is 0.656. The molecule has 1 atom stereocenters. The average molecular weight is 188 g/mol. The number of rotatable bonds is 4. The predicted molar refractivity (Wildman–Crippen MR) is 49.1 cm³/mol. The summed E-state index contributed by atoms with van der Waals surface area (Å²) < 4.78 is 3.78. The minimum absolute atomic E-state index is 0.272. The van der Waals surface area contributed by atoms with Gasteiger partial charge in [0.25, 0.3) is 0 Å². The number of nitrogen functional groups attached to an aromatic ring is 1. The standard InChI is InChI=1S/C6H12N4OS/c1-2-4(11)3-8-6-9-5(7)10-12-6/h4,11H,2-3H2,1H3,(H3,7,8,9,10). The summed E-state index contributed by atoms with van der Waals surface area (Å²) in [5.41, 5.74) is 5.30. The lowest BCUT2D eigenvalue weighted by Gasteiger charge is -2.06. The molecule has 1 aromatic rings. The maximum absolute atomic E-state index is 9.19. The van der Waals surface area contributed by atoms with E-state index in [1.807, 2.05) is 6.92 Å². The first-order valence-corrected chi connectivity index (χ1v) is 4.50. The highest BCUT2D eigenvalue weighted by molar-refractivity contribution is 7.09. The van der Waals surface area contributed by atoms with E-state index in [1.54, 1.807) is 0 Å². The Morgan fingerprint density at radius 1 is 1.75 bits per heavy atom. The Hall–Kier alpha value is -0.880. The van der Waals surface area contributed by atoms with E-state index in [0.717, 1.165) is 6.42 Å². The third-order valence-electron chi connectivity index (χ3n) is 1.40. The molecule has 0 bridgehead atoms. The van der Waals surface area contributed by atoms with Gasteiger partial charge in [-0.05, 0) is 6.42 Å². The average Bonchev–Trinajstić information content (AvgIpc) is 2.47. The van der Waals surface area contributed by atoms with E-state index >= 15 is 0 Å². The first-order chi connectivity index (χ1) is 5.72. The molecule has 1 aromatic heterocycles. The van der Waals surface area contributed by atoms with Gasteiger partial charge in [0, 0.05) is 18.1 Å². The third kappa shape index (κ3) is 2.63. The van der Waals surface area contributed by atoms with Crippen LogP contribution in [-0.4, -0.2) is 27.1 Å². The van der Waals surface area contributed by atoms with Crippen LogP contribution < -0.4 is 11.1 Å². The van der Waals surface area contributed by atoms with Crippen molar-refractivity contribution < 1.29 is 5.11 Å². The monoisotopic (exact) mass is 188 g/mol. The van der Waals surface area contributed by atoms with Crippen LogP contribution in [0.5, 0.6) is 0 Å². The van der Waals surface area contributed by atoms with Crippen LogP contribution in [0.2, 0.25) is 0 Å². The number of aromatic nitrogens is 2. The van der Waals surface area contributed by atoms with E-state index in [1.165, 1.54) is 11.5 Å². The highest BCUT2D eigenvalue weighted by atomic mass is 32.1. The molecule has 1 unspecified atom stereocenters. The Labute approximate surface area is 74.8 Å². The molecule has 0 spiro atoms. The molecular weight excluding hydrogens is 176 g/mol. The molecule has 12 heavy (non-hydrogen) atoms. The molecule has 0 aliphatic heterocycles. The molecule has 1 heterocycles. The van der Waals surface area contributed by atoms with Crippen molar-refractivity contribution in [2.45, 2.75) is 19.4 Å². The van der Waals surface area contributed by atoms with Crippen molar-refractivity contribution >= 4 is 22.6 Å². The molecule has 0 saturated carbocycles. The van der Waals surface area contributed by atoms with Gasteiger partial charge in [0.15, 0.2) is 0 Å². The van der Waals surface area contributed by atoms with Gasteiger partial charge < -0.3 is 16.2 Å². The van der Waals surface area contributed by atoms with Crippen molar-refractivity contribution in [3.05, 3.63) is 0 Å². The topological polar surface area (TPSA) is 84.1 Å². The van der Waals surface area contributed by atoms with Crippen molar-refractivity contribution in [1.29, 1.82) is 0 Å². The Balaban J connectivity index is 2.33. The first kappa shape index (κ1) is 9.21. The molecule has 5 nitrogen and oxygen atoms in total. The van der Waals surface area contributed by atoms with Gasteiger partial charge >= 0.3 is 0 Å². The molecule has 0 aliphatic carbocycles. The van der Waals surface area contributed by atoms with E-state index in [-0.39, 0.29) is 12.1 Å². The van der Waals surface area contributed by atoms with Gasteiger partial charge in [-0.15, -0.1) is 0 Å². The SMILES string of the molecule is CCC(O)CNc1nc(N)ns1.